The largest absolute Gasteiger partial charge is 0.491 e. The molecule has 6 heteroatoms. The standard InChI is InChI=1S/C14H20N2O4/c1-11(2)8-15(3)9-13(17)10-20-14-6-4-5-12(7-14)16(18)19/h4-7,13,17H,1,8-10H2,2-3H3. The summed E-state index contributed by atoms with van der Waals surface area (Å²) in [6.45, 7) is 6.96. The minimum absolute atomic E-state index is 0.0311. The molecule has 0 aromatic heterocycles. The summed E-state index contributed by atoms with van der Waals surface area (Å²) in [5.41, 5.74) is 0.982. The number of nitro groups is 1. The van der Waals surface area contributed by atoms with E-state index in [2.05, 4.69) is 6.58 Å². The highest BCUT2D eigenvalue weighted by Gasteiger charge is 2.11. The van der Waals surface area contributed by atoms with Crippen molar-refractivity contribution in [3.8, 4) is 5.75 Å². The van der Waals surface area contributed by atoms with Crippen molar-refractivity contribution in [3.63, 3.8) is 0 Å². The highest BCUT2D eigenvalue weighted by Crippen LogP contribution is 2.19. The van der Waals surface area contributed by atoms with E-state index in [1.54, 1.807) is 12.1 Å². The van der Waals surface area contributed by atoms with E-state index < -0.39 is 11.0 Å². The van der Waals surface area contributed by atoms with Gasteiger partial charge in [0.2, 0.25) is 0 Å². The molecule has 0 fully saturated rings. The number of nitrogens with zero attached hydrogens (tertiary/aromatic N) is 2. The molecule has 110 valence electrons. The summed E-state index contributed by atoms with van der Waals surface area (Å²) in [7, 11) is 1.88. The maximum atomic E-state index is 10.6. The van der Waals surface area contributed by atoms with Gasteiger partial charge in [0.15, 0.2) is 0 Å². The minimum Gasteiger partial charge on any atom is -0.491 e. The maximum absolute atomic E-state index is 10.6. The van der Waals surface area contributed by atoms with Crippen molar-refractivity contribution in [1.29, 1.82) is 0 Å². The van der Waals surface area contributed by atoms with Gasteiger partial charge in [-0.15, -0.1) is 0 Å². The van der Waals surface area contributed by atoms with E-state index in [0.29, 0.717) is 18.8 Å². The Bertz CT molecular complexity index is 476. The number of hydrogen-bond acceptors (Lipinski definition) is 5. The SMILES string of the molecule is C=C(C)CN(C)CC(O)COc1cccc([N+](=O)[O-])c1. The van der Waals surface area contributed by atoms with Gasteiger partial charge in [0.1, 0.15) is 18.5 Å². The number of ether oxygens (including phenoxy) is 1. The first kappa shape index (κ1) is 16.1. The lowest BCUT2D eigenvalue weighted by Gasteiger charge is -2.20. The van der Waals surface area contributed by atoms with Crippen molar-refractivity contribution in [2.24, 2.45) is 0 Å². The van der Waals surface area contributed by atoms with E-state index in [9.17, 15) is 15.2 Å². The molecule has 0 bridgehead atoms. The summed E-state index contributed by atoms with van der Waals surface area (Å²) in [5, 5.41) is 20.5. The van der Waals surface area contributed by atoms with Gasteiger partial charge in [0, 0.05) is 19.2 Å². The molecule has 0 aliphatic carbocycles. The first-order valence-electron chi connectivity index (χ1n) is 6.26. The zero-order chi connectivity index (χ0) is 15.1. The van der Waals surface area contributed by atoms with Gasteiger partial charge in [-0.1, -0.05) is 18.2 Å². The Kier molecular flexibility index (Phi) is 6.14. The molecule has 0 aliphatic heterocycles. The zero-order valence-electron chi connectivity index (χ0n) is 11.8. The van der Waals surface area contributed by atoms with Crippen LogP contribution in [-0.4, -0.2) is 47.8 Å². The van der Waals surface area contributed by atoms with Gasteiger partial charge < -0.3 is 9.84 Å². The highest BCUT2D eigenvalue weighted by atomic mass is 16.6. The number of benzene rings is 1. The number of hydrogen-bond donors (Lipinski definition) is 1. The Morgan fingerprint density at radius 1 is 1.60 bits per heavy atom. The number of aliphatic hydroxyl groups is 1. The van der Waals surface area contributed by atoms with Crippen molar-refractivity contribution in [3.05, 3.63) is 46.5 Å². The van der Waals surface area contributed by atoms with Crippen LogP contribution < -0.4 is 4.74 Å². The third-order valence-corrected chi connectivity index (χ3v) is 2.53. The van der Waals surface area contributed by atoms with E-state index in [4.69, 9.17) is 4.74 Å². The van der Waals surface area contributed by atoms with E-state index in [0.717, 1.165) is 5.57 Å². The van der Waals surface area contributed by atoms with Crippen molar-refractivity contribution in [2.45, 2.75) is 13.0 Å². The van der Waals surface area contributed by atoms with Crippen molar-refractivity contribution in [1.82, 2.24) is 4.90 Å². The van der Waals surface area contributed by atoms with Crippen LogP contribution in [0.4, 0.5) is 5.69 Å². The molecule has 1 rings (SSSR count). The summed E-state index contributed by atoms with van der Waals surface area (Å²) in [4.78, 5) is 12.1. The summed E-state index contributed by atoms with van der Waals surface area (Å²) in [6, 6.07) is 5.90. The first-order chi connectivity index (χ1) is 9.38. The fourth-order valence-electron chi connectivity index (χ4n) is 1.82. The predicted molar refractivity (Wildman–Crippen MR) is 76.9 cm³/mol. The molecule has 1 unspecified atom stereocenters. The van der Waals surface area contributed by atoms with E-state index >= 15 is 0 Å². The smallest absolute Gasteiger partial charge is 0.273 e. The van der Waals surface area contributed by atoms with Crippen LogP contribution in [0.5, 0.6) is 5.75 Å². The van der Waals surface area contributed by atoms with Crippen LogP contribution in [0.15, 0.2) is 36.4 Å². The molecule has 1 aromatic carbocycles. The third kappa shape index (κ3) is 5.81. The molecule has 0 saturated carbocycles. The Labute approximate surface area is 118 Å². The second kappa shape index (κ2) is 7.62. The van der Waals surface area contributed by atoms with E-state index in [1.807, 2.05) is 18.9 Å². The monoisotopic (exact) mass is 280 g/mol. The van der Waals surface area contributed by atoms with Crippen LogP contribution in [0, 0.1) is 10.1 Å². The van der Waals surface area contributed by atoms with Crippen LogP contribution in [0.25, 0.3) is 0 Å². The summed E-state index contributed by atoms with van der Waals surface area (Å²) in [5.74, 6) is 0.376. The predicted octanol–water partition coefficient (Wildman–Crippen LogP) is 1.84. The van der Waals surface area contributed by atoms with Crippen LogP contribution in [0.1, 0.15) is 6.92 Å². The second-order valence-corrected chi connectivity index (χ2v) is 4.87. The van der Waals surface area contributed by atoms with Gasteiger partial charge in [-0.05, 0) is 20.0 Å². The third-order valence-electron chi connectivity index (χ3n) is 2.53. The molecule has 0 aliphatic rings. The summed E-state index contributed by atoms with van der Waals surface area (Å²) in [6.07, 6.45) is -0.668. The molecule has 1 aromatic rings. The fourth-order valence-corrected chi connectivity index (χ4v) is 1.82. The minimum atomic E-state index is -0.668. The number of nitro benzene ring substituents is 1. The molecule has 6 nitrogen and oxygen atoms in total. The number of rotatable bonds is 8. The Morgan fingerprint density at radius 2 is 2.30 bits per heavy atom. The molecule has 0 amide bonds. The molecule has 0 spiro atoms. The second-order valence-electron chi connectivity index (χ2n) is 4.87. The average Bonchev–Trinajstić information content (AvgIpc) is 2.35. The van der Waals surface area contributed by atoms with E-state index in [1.165, 1.54) is 12.1 Å². The lowest BCUT2D eigenvalue weighted by molar-refractivity contribution is -0.384. The van der Waals surface area contributed by atoms with Gasteiger partial charge in [-0.25, -0.2) is 0 Å². The number of aliphatic hydroxyl groups excluding tert-OH is 1. The first-order valence-corrected chi connectivity index (χ1v) is 6.26. The molecule has 0 heterocycles. The van der Waals surface area contributed by atoms with Crippen molar-refractivity contribution >= 4 is 5.69 Å². The van der Waals surface area contributed by atoms with Crippen molar-refractivity contribution < 1.29 is 14.8 Å². The number of non-ortho nitro benzene ring substituents is 1. The normalized spacial score (nSPS) is 12.2. The lowest BCUT2D eigenvalue weighted by atomic mass is 10.3. The average molecular weight is 280 g/mol. The van der Waals surface area contributed by atoms with Gasteiger partial charge in [0.25, 0.3) is 5.69 Å². The lowest BCUT2D eigenvalue weighted by Crippen LogP contribution is -2.33. The fraction of sp³-hybridized carbons (Fsp3) is 0.429. The summed E-state index contributed by atoms with van der Waals surface area (Å²) < 4.78 is 5.36. The van der Waals surface area contributed by atoms with Crippen LogP contribution in [-0.2, 0) is 0 Å². The Balaban J connectivity index is 2.44. The van der Waals surface area contributed by atoms with Gasteiger partial charge >= 0.3 is 0 Å². The Hall–Kier alpha value is -1.92. The molecule has 0 radical (unpaired) electrons. The summed E-state index contributed by atoms with van der Waals surface area (Å²) >= 11 is 0. The molecule has 20 heavy (non-hydrogen) atoms. The molecule has 1 N–H and O–H groups in total. The molecule has 1 atom stereocenters. The maximum Gasteiger partial charge on any atom is 0.273 e. The quantitative estimate of drug-likeness (QED) is 0.447. The van der Waals surface area contributed by atoms with Gasteiger partial charge in [-0.3, -0.25) is 15.0 Å². The van der Waals surface area contributed by atoms with Gasteiger partial charge in [-0.2, -0.15) is 0 Å². The highest BCUT2D eigenvalue weighted by molar-refractivity contribution is 5.37. The number of likely N-dealkylation sites (N-methyl/N-ethyl adjacent to an activating group) is 1. The van der Waals surface area contributed by atoms with Crippen LogP contribution >= 0.6 is 0 Å². The van der Waals surface area contributed by atoms with Crippen LogP contribution in [0.3, 0.4) is 0 Å². The molecular formula is C14H20N2O4. The van der Waals surface area contributed by atoms with Crippen molar-refractivity contribution in [2.75, 3.05) is 26.7 Å². The zero-order valence-corrected chi connectivity index (χ0v) is 11.8. The molecular weight excluding hydrogens is 260 g/mol. The molecule has 0 saturated heterocycles. The Morgan fingerprint density at radius 3 is 2.90 bits per heavy atom. The van der Waals surface area contributed by atoms with Gasteiger partial charge in [0.05, 0.1) is 11.0 Å². The van der Waals surface area contributed by atoms with Crippen LogP contribution in [0.2, 0.25) is 0 Å². The van der Waals surface area contributed by atoms with E-state index in [-0.39, 0.29) is 12.3 Å². The topological polar surface area (TPSA) is 75.8 Å².